The number of hydrogen-bond donors (Lipinski definition) is 1. The summed E-state index contributed by atoms with van der Waals surface area (Å²) in [6, 6.07) is 22.8. The molecule has 34 heavy (non-hydrogen) atoms. The third-order valence-electron chi connectivity index (χ3n) is 6.28. The molecular formula is C28H31N3O3. The summed E-state index contributed by atoms with van der Waals surface area (Å²) in [4.78, 5) is 32.9. The Bertz CT molecular complexity index is 1160. The number of ether oxygens (including phenoxy) is 1. The molecule has 6 heteroatoms. The molecule has 1 fully saturated rings. The smallest absolute Gasteiger partial charge is 0.252 e. The maximum absolute atomic E-state index is 13.4. The van der Waals surface area contributed by atoms with Gasteiger partial charge in [0.25, 0.3) is 5.91 Å². The van der Waals surface area contributed by atoms with Crippen LogP contribution in [0, 0.1) is 0 Å². The number of hydrogen-bond acceptors (Lipinski definition) is 4. The van der Waals surface area contributed by atoms with Crippen LogP contribution in [0.2, 0.25) is 0 Å². The number of nitrogens with zero attached hydrogens (tertiary/aromatic N) is 2. The number of rotatable bonds is 6. The van der Waals surface area contributed by atoms with Crippen LogP contribution in [-0.2, 0) is 4.79 Å². The number of methoxy groups -OCH3 is 1. The van der Waals surface area contributed by atoms with Crippen LogP contribution in [-0.4, -0.2) is 47.4 Å². The van der Waals surface area contributed by atoms with Crippen LogP contribution in [0.15, 0.2) is 72.8 Å². The van der Waals surface area contributed by atoms with Crippen LogP contribution in [0.5, 0.6) is 5.75 Å². The van der Waals surface area contributed by atoms with Crippen LogP contribution in [0.4, 0.5) is 0 Å². The van der Waals surface area contributed by atoms with E-state index in [1.165, 1.54) is 0 Å². The second kappa shape index (κ2) is 10.1. The van der Waals surface area contributed by atoms with Gasteiger partial charge in [-0.3, -0.25) is 14.6 Å². The summed E-state index contributed by atoms with van der Waals surface area (Å²) < 4.78 is 5.51. The average molecular weight is 458 g/mol. The quantitative estimate of drug-likeness (QED) is 0.584. The standard InChI is InChI=1S/C28H31N3O3/c1-28(2,30-26(32)20-11-5-4-6-12-20)27(33)31-18-10-13-21(19-31)23-15-9-16-24(29-23)22-14-7-8-17-25(22)34-3/h4-9,11-12,14-17,21H,10,13,18-19H2,1-3H3,(H,30,32)/t21-/m0/s1. The summed E-state index contributed by atoms with van der Waals surface area (Å²) >= 11 is 0. The number of nitrogens with one attached hydrogen (secondary N) is 1. The lowest BCUT2D eigenvalue weighted by Crippen LogP contribution is -2.57. The molecule has 2 heterocycles. The van der Waals surface area contributed by atoms with Gasteiger partial charge in [0.05, 0.1) is 12.8 Å². The number of amides is 2. The van der Waals surface area contributed by atoms with E-state index in [1.54, 1.807) is 33.1 Å². The van der Waals surface area contributed by atoms with E-state index in [2.05, 4.69) is 5.32 Å². The second-order valence-electron chi connectivity index (χ2n) is 9.18. The van der Waals surface area contributed by atoms with Gasteiger partial charge in [0.1, 0.15) is 11.3 Å². The van der Waals surface area contributed by atoms with Gasteiger partial charge in [0.15, 0.2) is 0 Å². The maximum Gasteiger partial charge on any atom is 0.252 e. The molecule has 0 saturated carbocycles. The molecule has 0 aliphatic carbocycles. The van der Waals surface area contributed by atoms with Crippen LogP contribution >= 0.6 is 0 Å². The Morgan fingerprint density at radius 1 is 1.00 bits per heavy atom. The first-order chi connectivity index (χ1) is 16.4. The highest BCUT2D eigenvalue weighted by molar-refractivity contribution is 5.98. The number of likely N-dealkylation sites (tertiary alicyclic amines) is 1. The fourth-order valence-electron chi connectivity index (χ4n) is 4.48. The average Bonchev–Trinajstić information content (AvgIpc) is 2.88. The van der Waals surface area contributed by atoms with Crippen molar-refractivity contribution in [3.8, 4) is 17.0 Å². The SMILES string of the molecule is COc1ccccc1-c1cccc([C@H]2CCCN(C(=O)C(C)(C)NC(=O)c3ccccc3)C2)n1. The van der Waals surface area contributed by atoms with Crippen molar-refractivity contribution in [1.82, 2.24) is 15.2 Å². The van der Waals surface area contributed by atoms with Crippen LogP contribution in [0.25, 0.3) is 11.3 Å². The molecule has 0 unspecified atom stereocenters. The first-order valence-electron chi connectivity index (χ1n) is 11.7. The van der Waals surface area contributed by atoms with Crippen molar-refractivity contribution in [2.24, 2.45) is 0 Å². The highest BCUT2D eigenvalue weighted by Gasteiger charge is 2.36. The Balaban J connectivity index is 1.49. The largest absolute Gasteiger partial charge is 0.496 e. The molecule has 3 aromatic rings. The van der Waals surface area contributed by atoms with E-state index >= 15 is 0 Å². The predicted molar refractivity (Wildman–Crippen MR) is 133 cm³/mol. The second-order valence-corrected chi connectivity index (χ2v) is 9.18. The first kappa shape index (κ1) is 23.5. The molecule has 1 saturated heterocycles. The zero-order chi connectivity index (χ0) is 24.1. The van der Waals surface area contributed by atoms with Crippen molar-refractivity contribution in [2.45, 2.75) is 38.1 Å². The third kappa shape index (κ3) is 5.11. The maximum atomic E-state index is 13.4. The Labute approximate surface area is 201 Å². The van der Waals surface area contributed by atoms with E-state index in [0.29, 0.717) is 18.7 Å². The van der Waals surface area contributed by atoms with Gasteiger partial charge in [-0.05, 0) is 63.1 Å². The minimum Gasteiger partial charge on any atom is -0.496 e. The lowest BCUT2D eigenvalue weighted by Gasteiger charge is -2.37. The van der Waals surface area contributed by atoms with Crippen molar-refractivity contribution in [3.63, 3.8) is 0 Å². The molecule has 6 nitrogen and oxygen atoms in total. The van der Waals surface area contributed by atoms with Gasteiger partial charge in [0.2, 0.25) is 5.91 Å². The Morgan fingerprint density at radius 2 is 1.74 bits per heavy atom. The summed E-state index contributed by atoms with van der Waals surface area (Å²) in [6.45, 7) is 4.78. The van der Waals surface area contributed by atoms with Crippen LogP contribution < -0.4 is 10.1 Å². The molecule has 1 aromatic heterocycles. The van der Waals surface area contributed by atoms with Crippen molar-refractivity contribution in [1.29, 1.82) is 0 Å². The number of pyridine rings is 1. The van der Waals surface area contributed by atoms with Gasteiger partial charge >= 0.3 is 0 Å². The highest BCUT2D eigenvalue weighted by Crippen LogP contribution is 2.32. The molecule has 0 spiro atoms. The first-order valence-corrected chi connectivity index (χ1v) is 11.7. The summed E-state index contributed by atoms with van der Waals surface area (Å²) in [5.41, 5.74) is 2.29. The molecule has 4 rings (SSSR count). The zero-order valence-corrected chi connectivity index (χ0v) is 20.0. The van der Waals surface area contributed by atoms with Gasteiger partial charge < -0.3 is 15.0 Å². The number of carbonyl (C=O) groups excluding carboxylic acids is 2. The van der Waals surface area contributed by atoms with Crippen molar-refractivity contribution < 1.29 is 14.3 Å². The van der Waals surface area contributed by atoms with Gasteiger partial charge in [0, 0.05) is 35.8 Å². The molecule has 2 aromatic carbocycles. The van der Waals surface area contributed by atoms with Crippen molar-refractivity contribution in [2.75, 3.05) is 20.2 Å². The van der Waals surface area contributed by atoms with Gasteiger partial charge in [-0.25, -0.2) is 0 Å². The number of piperidine rings is 1. The fourth-order valence-corrected chi connectivity index (χ4v) is 4.48. The Morgan fingerprint density at radius 3 is 2.50 bits per heavy atom. The summed E-state index contributed by atoms with van der Waals surface area (Å²) in [5, 5.41) is 2.91. The lowest BCUT2D eigenvalue weighted by molar-refractivity contribution is -0.138. The monoisotopic (exact) mass is 457 g/mol. The highest BCUT2D eigenvalue weighted by atomic mass is 16.5. The minimum absolute atomic E-state index is 0.0811. The Hall–Kier alpha value is -3.67. The lowest BCUT2D eigenvalue weighted by atomic mass is 9.92. The van der Waals surface area contributed by atoms with Crippen LogP contribution in [0.3, 0.4) is 0 Å². The number of carbonyl (C=O) groups is 2. The van der Waals surface area contributed by atoms with Gasteiger partial charge in [-0.1, -0.05) is 36.4 Å². The van der Waals surface area contributed by atoms with E-state index in [1.807, 2.05) is 65.6 Å². The fraction of sp³-hybridized carbons (Fsp3) is 0.321. The normalized spacial score (nSPS) is 16.1. The number of para-hydroxylation sites is 1. The minimum atomic E-state index is -1.01. The van der Waals surface area contributed by atoms with Crippen LogP contribution in [0.1, 0.15) is 48.7 Å². The number of benzene rings is 2. The van der Waals surface area contributed by atoms with E-state index < -0.39 is 5.54 Å². The number of aromatic nitrogens is 1. The molecule has 1 aliphatic heterocycles. The Kier molecular flexibility index (Phi) is 6.96. The zero-order valence-electron chi connectivity index (χ0n) is 20.0. The molecule has 1 aliphatic rings. The van der Waals surface area contributed by atoms with E-state index in [4.69, 9.17) is 9.72 Å². The summed E-state index contributed by atoms with van der Waals surface area (Å²) in [7, 11) is 1.66. The van der Waals surface area contributed by atoms with Crippen molar-refractivity contribution >= 4 is 11.8 Å². The summed E-state index contributed by atoms with van der Waals surface area (Å²) in [5.74, 6) is 0.581. The molecule has 1 atom stereocenters. The molecule has 2 amide bonds. The molecular weight excluding hydrogens is 426 g/mol. The van der Waals surface area contributed by atoms with E-state index in [-0.39, 0.29) is 17.7 Å². The molecule has 176 valence electrons. The van der Waals surface area contributed by atoms with Gasteiger partial charge in [-0.2, -0.15) is 0 Å². The topological polar surface area (TPSA) is 71.5 Å². The van der Waals surface area contributed by atoms with E-state index in [0.717, 1.165) is 35.5 Å². The summed E-state index contributed by atoms with van der Waals surface area (Å²) in [6.07, 6.45) is 1.85. The third-order valence-corrected chi connectivity index (χ3v) is 6.28. The molecule has 0 bridgehead atoms. The van der Waals surface area contributed by atoms with Gasteiger partial charge in [-0.15, -0.1) is 0 Å². The molecule has 1 N–H and O–H groups in total. The molecule has 0 radical (unpaired) electrons. The predicted octanol–water partition coefficient (Wildman–Crippen LogP) is 4.67. The van der Waals surface area contributed by atoms with E-state index in [9.17, 15) is 9.59 Å². The van der Waals surface area contributed by atoms with Crippen molar-refractivity contribution in [3.05, 3.63) is 84.1 Å².